The predicted octanol–water partition coefficient (Wildman–Crippen LogP) is 4.53. The normalized spacial score (nSPS) is 15.2. The van der Waals surface area contributed by atoms with E-state index >= 15 is 0 Å². The number of methoxy groups -OCH3 is 1. The molecular weight excluding hydrogens is 366 g/mol. The maximum Gasteiger partial charge on any atom is 0.253 e. The van der Waals surface area contributed by atoms with Gasteiger partial charge >= 0.3 is 0 Å². The van der Waals surface area contributed by atoms with Crippen LogP contribution >= 0.6 is 27.5 Å². The van der Waals surface area contributed by atoms with Gasteiger partial charge in [0.25, 0.3) is 5.91 Å². The Labute approximate surface area is 142 Å². The van der Waals surface area contributed by atoms with Gasteiger partial charge in [0.15, 0.2) is 0 Å². The molecule has 3 nitrogen and oxygen atoms in total. The van der Waals surface area contributed by atoms with Crippen molar-refractivity contribution in [3.8, 4) is 5.75 Å². The highest BCUT2D eigenvalue weighted by Gasteiger charge is 2.45. The molecule has 3 rings (SSSR count). The molecule has 1 aliphatic rings. The van der Waals surface area contributed by atoms with Gasteiger partial charge in [-0.05, 0) is 64.7 Å². The van der Waals surface area contributed by atoms with E-state index in [0.29, 0.717) is 16.3 Å². The van der Waals surface area contributed by atoms with Crippen molar-refractivity contribution in [3.63, 3.8) is 0 Å². The highest BCUT2D eigenvalue weighted by Crippen LogP contribution is 2.46. The van der Waals surface area contributed by atoms with E-state index in [2.05, 4.69) is 21.2 Å². The van der Waals surface area contributed by atoms with Crippen LogP contribution in [0.5, 0.6) is 5.75 Å². The van der Waals surface area contributed by atoms with Gasteiger partial charge in [0, 0.05) is 9.50 Å². The molecule has 0 spiro atoms. The number of carbonyl (C=O) groups is 1. The fourth-order valence-corrected chi connectivity index (χ4v) is 3.02. The summed E-state index contributed by atoms with van der Waals surface area (Å²) in [6.07, 6.45) is 1.86. The zero-order valence-electron chi connectivity index (χ0n) is 12.0. The summed E-state index contributed by atoms with van der Waals surface area (Å²) in [4.78, 5) is 12.6. The maximum absolute atomic E-state index is 12.6. The van der Waals surface area contributed by atoms with Crippen LogP contribution in [-0.4, -0.2) is 13.0 Å². The van der Waals surface area contributed by atoms with Crippen molar-refractivity contribution in [2.75, 3.05) is 7.11 Å². The molecule has 1 N–H and O–H groups in total. The third-order valence-corrected chi connectivity index (χ3v) is 4.86. The number of amides is 1. The molecule has 0 unspecified atom stereocenters. The molecule has 1 saturated carbocycles. The SMILES string of the molecule is COc1ccc(Br)c(C(=O)NC2(c3ccc(Cl)cc3)CC2)c1. The van der Waals surface area contributed by atoms with E-state index in [1.807, 2.05) is 36.4 Å². The summed E-state index contributed by atoms with van der Waals surface area (Å²) in [7, 11) is 1.58. The van der Waals surface area contributed by atoms with E-state index in [4.69, 9.17) is 16.3 Å². The third kappa shape index (κ3) is 2.99. The van der Waals surface area contributed by atoms with Crippen molar-refractivity contribution in [2.24, 2.45) is 0 Å². The highest BCUT2D eigenvalue weighted by molar-refractivity contribution is 9.10. The number of halogens is 2. The first-order chi connectivity index (χ1) is 10.5. The predicted molar refractivity (Wildman–Crippen MR) is 90.5 cm³/mol. The zero-order chi connectivity index (χ0) is 15.7. The molecule has 1 fully saturated rings. The maximum atomic E-state index is 12.6. The summed E-state index contributed by atoms with van der Waals surface area (Å²) in [6.45, 7) is 0. The summed E-state index contributed by atoms with van der Waals surface area (Å²) in [5.74, 6) is 0.544. The van der Waals surface area contributed by atoms with Gasteiger partial charge in [0.1, 0.15) is 5.75 Å². The summed E-state index contributed by atoms with van der Waals surface area (Å²) >= 11 is 9.35. The Hall–Kier alpha value is -1.52. The summed E-state index contributed by atoms with van der Waals surface area (Å²) < 4.78 is 5.94. The van der Waals surface area contributed by atoms with Gasteiger partial charge in [0.2, 0.25) is 0 Å². The molecule has 0 atom stereocenters. The molecule has 0 aromatic heterocycles. The van der Waals surface area contributed by atoms with Gasteiger partial charge < -0.3 is 10.1 Å². The van der Waals surface area contributed by atoms with E-state index in [1.165, 1.54) is 0 Å². The molecule has 2 aromatic rings. The molecule has 0 aliphatic heterocycles. The minimum Gasteiger partial charge on any atom is -0.497 e. The minimum atomic E-state index is -0.274. The smallest absolute Gasteiger partial charge is 0.253 e. The van der Waals surface area contributed by atoms with Gasteiger partial charge in [-0.3, -0.25) is 4.79 Å². The largest absolute Gasteiger partial charge is 0.497 e. The molecule has 2 aromatic carbocycles. The molecule has 114 valence electrons. The van der Waals surface area contributed by atoms with Crippen molar-refractivity contribution < 1.29 is 9.53 Å². The van der Waals surface area contributed by atoms with Crippen LogP contribution in [-0.2, 0) is 5.54 Å². The molecular formula is C17H15BrClNO2. The topological polar surface area (TPSA) is 38.3 Å². The quantitative estimate of drug-likeness (QED) is 0.846. The zero-order valence-corrected chi connectivity index (χ0v) is 14.4. The molecule has 1 amide bonds. The Kier molecular flexibility index (Phi) is 4.15. The van der Waals surface area contributed by atoms with Crippen LogP contribution < -0.4 is 10.1 Å². The van der Waals surface area contributed by atoms with Crippen molar-refractivity contribution in [1.82, 2.24) is 5.32 Å². The van der Waals surface area contributed by atoms with Gasteiger partial charge in [-0.2, -0.15) is 0 Å². The van der Waals surface area contributed by atoms with Crippen molar-refractivity contribution in [2.45, 2.75) is 18.4 Å². The van der Waals surface area contributed by atoms with Gasteiger partial charge in [-0.1, -0.05) is 23.7 Å². The van der Waals surface area contributed by atoms with E-state index in [-0.39, 0.29) is 11.4 Å². The monoisotopic (exact) mass is 379 g/mol. The van der Waals surface area contributed by atoms with Crippen LogP contribution in [0.25, 0.3) is 0 Å². The van der Waals surface area contributed by atoms with E-state index in [1.54, 1.807) is 13.2 Å². The van der Waals surface area contributed by atoms with Crippen molar-refractivity contribution in [1.29, 1.82) is 0 Å². The number of benzene rings is 2. The molecule has 1 aliphatic carbocycles. The third-order valence-electron chi connectivity index (χ3n) is 3.92. The summed E-state index contributed by atoms with van der Waals surface area (Å²) in [5, 5.41) is 3.84. The first-order valence-electron chi connectivity index (χ1n) is 6.96. The lowest BCUT2D eigenvalue weighted by Crippen LogP contribution is -2.35. The Bertz CT molecular complexity index is 711. The first-order valence-corrected chi connectivity index (χ1v) is 8.13. The standard InChI is InChI=1S/C17H15BrClNO2/c1-22-13-6-7-15(18)14(10-13)16(21)20-17(8-9-17)11-2-4-12(19)5-3-11/h2-7,10H,8-9H2,1H3,(H,20,21). The van der Waals surface area contributed by atoms with Crippen LogP contribution in [0.3, 0.4) is 0 Å². The average Bonchev–Trinajstić information content (AvgIpc) is 3.29. The Morgan fingerprint density at radius 3 is 2.50 bits per heavy atom. The number of hydrogen-bond donors (Lipinski definition) is 1. The Balaban J connectivity index is 1.84. The fraction of sp³-hybridized carbons (Fsp3) is 0.235. The summed E-state index contributed by atoms with van der Waals surface area (Å²) in [6, 6.07) is 13.0. The van der Waals surface area contributed by atoms with E-state index in [9.17, 15) is 4.79 Å². The second-order valence-corrected chi connectivity index (χ2v) is 6.68. The first kappa shape index (κ1) is 15.4. The molecule has 0 bridgehead atoms. The summed E-state index contributed by atoms with van der Waals surface area (Å²) in [5.41, 5.74) is 1.38. The van der Waals surface area contributed by atoms with Crippen molar-refractivity contribution in [3.05, 3.63) is 63.1 Å². The van der Waals surface area contributed by atoms with Crippen LogP contribution in [0.2, 0.25) is 5.02 Å². The van der Waals surface area contributed by atoms with Crippen LogP contribution in [0.4, 0.5) is 0 Å². The second-order valence-electron chi connectivity index (χ2n) is 5.39. The lowest BCUT2D eigenvalue weighted by atomic mass is 10.0. The number of carbonyl (C=O) groups excluding carboxylic acids is 1. The lowest BCUT2D eigenvalue weighted by molar-refractivity contribution is 0.0929. The molecule has 0 saturated heterocycles. The number of ether oxygens (including phenoxy) is 1. The molecule has 22 heavy (non-hydrogen) atoms. The minimum absolute atomic E-state index is 0.113. The average molecular weight is 381 g/mol. The highest BCUT2D eigenvalue weighted by atomic mass is 79.9. The van der Waals surface area contributed by atoms with Crippen LogP contribution in [0.15, 0.2) is 46.9 Å². The second kappa shape index (κ2) is 5.94. The number of rotatable bonds is 4. The van der Waals surface area contributed by atoms with E-state index < -0.39 is 0 Å². The van der Waals surface area contributed by atoms with Gasteiger partial charge in [-0.25, -0.2) is 0 Å². The number of hydrogen-bond acceptors (Lipinski definition) is 2. The molecule has 5 heteroatoms. The van der Waals surface area contributed by atoms with Gasteiger partial charge in [0.05, 0.1) is 18.2 Å². The number of nitrogens with one attached hydrogen (secondary N) is 1. The van der Waals surface area contributed by atoms with Crippen LogP contribution in [0.1, 0.15) is 28.8 Å². The lowest BCUT2D eigenvalue weighted by Gasteiger charge is -2.19. The van der Waals surface area contributed by atoms with E-state index in [0.717, 1.165) is 22.9 Å². The van der Waals surface area contributed by atoms with Crippen molar-refractivity contribution >= 4 is 33.4 Å². The van der Waals surface area contributed by atoms with Gasteiger partial charge in [-0.15, -0.1) is 0 Å². The fourth-order valence-electron chi connectivity index (χ4n) is 2.47. The Morgan fingerprint density at radius 2 is 1.91 bits per heavy atom. The molecule has 0 heterocycles. The van der Waals surface area contributed by atoms with Crippen LogP contribution in [0, 0.1) is 0 Å². The molecule has 0 radical (unpaired) electrons. The Morgan fingerprint density at radius 1 is 1.23 bits per heavy atom.